The summed E-state index contributed by atoms with van der Waals surface area (Å²) >= 11 is 0. The SMILES string of the molecule is CCC(C)CN=NC1=C(C)N=C(C(=N)OC)[C@@H](C)C1. The molecule has 0 bridgehead atoms. The summed E-state index contributed by atoms with van der Waals surface area (Å²) in [6.07, 6.45) is 1.88. The number of allylic oxidation sites excluding steroid dienone is 2. The van der Waals surface area contributed by atoms with Gasteiger partial charge in [0, 0.05) is 12.3 Å². The molecule has 1 aliphatic rings. The fourth-order valence-corrected chi connectivity index (χ4v) is 1.78. The molecule has 0 fully saturated rings. The molecule has 0 saturated carbocycles. The summed E-state index contributed by atoms with van der Waals surface area (Å²) in [6.45, 7) is 9.02. The summed E-state index contributed by atoms with van der Waals surface area (Å²) in [7, 11) is 1.50. The number of hydrogen-bond donors (Lipinski definition) is 1. The molecule has 1 aliphatic heterocycles. The second-order valence-electron chi connectivity index (χ2n) is 5.10. The van der Waals surface area contributed by atoms with Gasteiger partial charge in [0.15, 0.2) is 0 Å². The largest absolute Gasteiger partial charge is 0.480 e. The minimum absolute atomic E-state index is 0.141. The van der Waals surface area contributed by atoms with Crippen LogP contribution in [0.15, 0.2) is 26.6 Å². The zero-order chi connectivity index (χ0) is 14.4. The molecule has 0 spiro atoms. The van der Waals surface area contributed by atoms with Gasteiger partial charge >= 0.3 is 0 Å². The fourth-order valence-electron chi connectivity index (χ4n) is 1.78. The van der Waals surface area contributed by atoms with E-state index in [0.29, 0.717) is 11.6 Å². The highest BCUT2D eigenvalue weighted by Gasteiger charge is 2.23. The average molecular weight is 264 g/mol. The predicted octanol–water partition coefficient (Wildman–Crippen LogP) is 3.82. The Labute approximate surface area is 115 Å². The summed E-state index contributed by atoms with van der Waals surface area (Å²) in [4.78, 5) is 4.43. The van der Waals surface area contributed by atoms with E-state index in [4.69, 9.17) is 10.1 Å². The number of azo groups is 1. The van der Waals surface area contributed by atoms with E-state index in [2.05, 4.69) is 29.1 Å². The van der Waals surface area contributed by atoms with E-state index in [-0.39, 0.29) is 11.8 Å². The zero-order valence-electron chi connectivity index (χ0n) is 12.5. The number of nitrogens with zero attached hydrogens (tertiary/aromatic N) is 3. The number of ether oxygens (including phenoxy) is 1. The van der Waals surface area contributed by atoms with Crippen LogP contribution in [-0.4, -0.2) is 25.3 Å². The van der Waals surface area contributed by atoms with Crippen LogP contribution < -0.4 is 0 Å². The predicted molar refractivity (Wildman–Crippen MR) is 77.8 cm³/mol. The molecule has 5 heteroatoms. The third-order valence-electron chi connectivity index (χ3n) is 3.39. The van der Waals surface area contributed by atoms with E-state index < -0.39 is 0 Å². The summed E-state index contributed by atoms with van der Waals surface area (Å²) < 4.78 is 4.95. The van der Waals surface area contributed by atoms with E-state index in [1.165, 1.54) is 7.11 Å². The summed E-state index contributed by atoms with van der Waals surface area (Å²) in [5, 5.41) is 16.3. The molecule has 0 aromatic heterocycles. The lowest BCUT2D eigenvalue weighted by Crippen LogP contribution is -2.25. The van der Waals surface area contributed by atoms with Gasteiger partial charge in [-0.25, -0.2) is 0 Å². The number of methoxy groups -OCH3 is 1. The maximum Gasteiger partial charge on any atom is 0.228 e. The van der Waals surface area contributed by atoms with Crippen molar-refractivity contribution < 1.29 is 4.74 Å². The normalized spacial score (nSPS) is 21.5. The topological polar surface area (TPSA) is 70.2 Å². The zero-order valence-corrected chi connectivity index (χ0v) is 12.5. The molecule has 19 heavy (non-hydrogen) atoms. The van der Waals surface area contributed by atoms with Crippen molar-refractivity contribution in [3.05, 3.63) is 11.4 Å². The Kier molecular flexibility index (Phi) is 5.86. The van der Waals surface area contributed by atoms with Gasteiger partial charge < -0.3 is 4.74 Å². The Hall–Kier alpha value is -1.52. The average Bonchev–Trinajstić information content (AvgIpc) is 2.41. The third-order valence-corrected chi connectivity index (χ3v) is 3.39. The van der Waals surface area contributed by atoms with E-state index in [1.54, 1.807) is 0 Å². The van der Waals surface area contributed by atoms with Crippen LogP contribution in [0.3, 0.4) is 0 Å². The van der Waals surface area contributed by atoms with Gasteiger partial charge in [-0.3, -0.25) is 10.4 Å². The van der Waals surface area contributed by atoms with Crippen molar-refractivity contribution in [1.29, 1.82) is 5.41 Å². The molecule has 0 saturated heterocycles. The monoisotopic (exact) mass is 264 g/mol. The fraction of sp³-hybridized carbons (Fsp3) is 0.714. The molecule has 0 aromatic carbocycles. The second-order valence-corrected chi connectivity index (χ2v) is 5.10. The van der Waals surface area contributed by atoms with Crippen molar-refractivity contribution in [2.75, 3.05) is 13.7 Å². The molecule has 1 N–H and O–H groups in total. The minimum atomic E-state index is 0.141. The first-order chi connectivity index (χ1) is 8.99. The summed E-state index contributed by atoms with van der Waals surface area (Å²) in [5.74, 6) is 0.850. The number of aliphatic imine (C=N–C) groups is 1. The van der Waals surface area contributed by atoms with Gasteiger partial charge in [0.1, 0.15) is 5.71 Å². The van der Waals surface area contributed by atoms with Gasteiger partial charge in [0.05, 0.1) is 25.0 Å². The molecule has 0 amide bonds. The lowest BCUT2D eigenvalue weighted by molar-refractivity contribution is 0.404. The first-order valence-corrected chi connectivity index (χ1v) is 6.78. The number of hydrogen-bond acceptors (Lipinski definition) is 5. The minimum Gasteiger partial charge on any atom is -0.480 e. The maximum atomic E-state index is 7.71. The van der Waals surface area contributed by atoms with Gasteiger partial charge in [0.2, 0.25) is 5.90 Å². The van der Waals surface area contributed by atoms with Crippen LogP contribution in [0.2, 0.25) is 0 Å². The molecule has 1 rings (SSSR count). The Bertz CT molecular complexity index is 423. The van der Waals surface area contributed by atoms with Gasteiger partial charge in [0.25, 0.3) is 0 Å². The quantitative estimate of drug-likeness (QED) is 0.457. The van der Waals surface area contributed by atoms with Crippen LogP contribution in [0, 0.1) is 17.2 Å². The molecular weight excluding hydrogens is 240 g/mol. The third kappa shape index (κ3) is 4.26. The first kappa shape index (κ1) is 15.5. The van der Waals surface area contributed by atoms with Crippen LogP contribution in [0.25, 0.3) is 0 Å². The highest BCUT2D eigenvalue weighted by molar-refractivity contribution is 6.38. The lowest BCUT2D eigenvalue weighted by Gasteiger charge is -2.20. The van der Waals surface area contributed by atoms with Crippen molar-refractivity contribution in [3.8, 4) is 0 Å². The lowest BCUT2D eigenvalue weighted by atomic mass is 9.96. The maximum absolute atomic E-state index is 7.71. The van der Waals surface area contributed by atoms with Crippen LogP contribution in [0.1, 0.15) is 40.5 Å². The van der Waals surface area contributed by atoms with E-state index in [1.807, 2.05) is 13.8 Å². The van der Waals surface area contributed by atoms with Crippen molar-refractivity contribution in [1.82, 2.24) is 0 Å². The molecule has 0 radical (unpaired) electrons. The first-order valence-electron chi connectivity index (χ1n) is 6.78. The molecule has 2 atom stereocenters. The van der Waals surface area contributed by atoms with Gasteiger partial charge in [-0.05, 0) is 12.8 Å². The van der Waals surface area contributed by atoms with Gasteiger partial charge in [-0.15, -0.1) is 0 Å². The molecule has 1 unspecified atom stereocenters. The standard InChI is InChI=1S/C14H24N4O/c1-6-9(2)8-16-18-12-7-10(3)13(14(15)19-5)17-11(12)4/h9-10,15H,6-8H2,1-5H3/t9?,10-/m0/s1. The smallest absolute Gasteiger partial charge is 0.228 e. The highest BCUT2D eigenvalue weighted by atomic mass is 16.5. The molecule has 1 heterocycles. The second kappa shape index (κ2) is 7.16. The van der Waals surface area contributed by atoms with Gasteiger partial charge in [-0.2, -0.15) is 10.2 Å². The van der Waals surface area contributed by atoms with Crippen LogP contribution in [0.4, 0.5) is 0 Å². The van der Waals surface area contributed by atoms with Crippen molar-refractivity contribution in [2.45, 2.75) is 40.5 Å². The molecule has 0 aromatic rings. The van der Waals surface area contributed by atoms with Crippen molar-refractivity contribution >= 4 is 11.6 Å². The Morgan fingerprint density at radius 2 is 2.26 bits per heavy atom. The van der Waals surface area contributed by atoms with Crippen molar-refractivity contribution in [2.24, 2.45) is 27.1 Å². The summed E-state index contributed by atoms with van der Waals surface area (Å²) in [5.41, 5.74) is 2.45. The molecule has 5 nitrogen and oxygen atoms in total. The van der Waals surface area contributed by atoms with Crippen LogP contribution in [-0.2, 0) is 4.74 Å². The Morgan fingerprint density at radius 3 is 2.84 bits per heavy atom. The van der Waals surface area contributed by atoms with E-state index in [0.717, 1.165) is 30.8 Å². The van der Waals surface area contributed by atoms with E-state index in [9.17, 15) is 0 Å². The highest BCUT2D eigenvalue weighted by Crippen LogP contribution is 2.25. The number of nitrogens with one attached hydrogen (secondary N) is 1. The Balaban J connectivity index is 2.80. The molecular formula is C14H24N4O. The summed E-state index contributed by atoms with van der Waals surface area (Å²) in [6, 6.07) is 0. The van der Waals surface area contributed by atoms with E-state index >= 15 is 0 Å². The molecule has 0 aliphatic carbocycles. The van der Waals surface area contributed by atoms with Crippen LogP contribution >= 0.6 is 0 Å². The van der Waals surface area contributed by atoms with Crippen LogP contribution in [0.5, 0.6) is 0 Å². The Morgan fingerprint density at radius 1 is 1.58 bits per heavy atom. The molecule has 106 valence electrons. The number of rotatable bonds is 5. The van der Waals surface area contributed by atoms with Crippen molar-refractivity contribution in [3.63, 3.8) is 0 Å². The van der Waals surface area contributed by atoms with Gasteiger partial charge in [-0.1, -0.05) is 27.2 Å².